The van der Waals surface area contributed by atoms with E-state index in [-0.39, 0.29) is 0 Å². The minimum atomic E-state index is 1.00. The minimum absolute atomic E-state index is 1.00. The van der Waals surface area contributed by atoms with Crippen molar-refractivity contribution in [2.45, 2.75) is 20.8 Å². The summed E-state index contributed by atoms with van der Waals surface area (Å²) in [5, 5.41) is 0. The third kappa shape index (κ3) is 10.3. The van der Waals surface area contributed by atoms with Crippen molar-refractivity contribution in [3.63, 3.8) is 0 Å². The molecule has 1 heteroatoms. The Labute approximate surface area is 93.9 Å². The summed E-state index contributed by atoms with van der Waals surface area (Å²) in [6.45, 7) is 19.4. The highest BCUT2D eigenvalue weighted by Crippen LogP contribution is 2.08. The summed E-state index contributed by atoms with van der Waals surface area (Å²) in [5.74, 6) is 0. The van der Waals surface area contributed by atoms with Crippen molar-refractivity contribution in [1.29, 1.82) is 0 Å². The van der Waals surface area contributed by atoms with Crippen molar-refractivity contribution in [2.75, 3.05) is 0 Å². The molecule has 0 rings (SSSR count). The average molecular weight is 203 g/mol. The molecule has 0 spiro atoms. The number of allylic oxidation sites excluding steroid dienone is 5. The number of nitrogens with zero attached hydrogens (tertiary/aromatic N) is 1. The molecule has 0 saturated carbocycles. The average Bonchev–Trinajstić information content (AvgIpc) is 2.20. The third-order valence-electron chi connectivity index (χ3n) is 1.37. The lowest BCUT2D eigenvalue weighted by Gasteiger charge is -1.97. The standard InChI is InChI=1S/C12H17N.C2H4/c1-6-7-8-12(10(2)3)9-13-11(4)5;1-2/h6-9H,1-2H2,3-5H3;1-2H2/b8-7-,12-9-;. The van der Waals surface area contributed by atoms with Crippen molar-refractivity contribution < 1.29 is 0 Å². The highest BCUT2D eigenvalue weighted by Gasteiger charge is 1.90. The van der Waals surface area contributed by atoms with E-state index in [0.29, 0.717) is 0 Å². The number of hydrogen-bond acceptors (Lipinski definition) is 1. The monoisotopic (exact) mass is 203 g/mol. The Balaban J connectivity index is 0. The van der Waals surface area contributed by atoms with Crippen LogP contribution in [-0.2, 0) is 0 Å². The Bertz CT molecular complexity index is 286. The van der Waals surface area contributed by atoms with Gasteiger partial charge in [-0.1, -0.05) is 31.4 Å². The topological polar surface area (TPSA) is 12.4 Å². The lowest BCUT2D eigenvalue weighted by Crippen LogP contribution is -1.81. The lowest BCUT2D eigenvalue weighted by atomic mass is 10.1. The van der Waals surface area contributed by atoms with Gasteiger partial charge in [-0.15, -0.1) is 13.2 Å². The zero-order chi connectivity index (χ0) is 12.3. The second kappa shape index (κ2) is 10.5. The van der Waals surface area contributed by atoms with E-state index in [0.717, 1.165) is 16.9 Å². The quantitative estimate of drug-likeness (QED) is 0.363. The maximum atomic E-state index is 4.21. The molecule has 0 fully saturated rings. The summed E-state index contributed by atoms with van der Waals surface area (Å²) >= 11 is 0. The van der Waals surface area contributed by atoms with Crippen molar-refractivity contribution in [3.05, 3.63) is 61.9 Å². The molecule has 0 heterocycles. The van der Waals surface area contributed by atoms with Crippen LogP contribution in [0.3, 0.4) is 0 Å². The first-order chi connectivity index (χ1) is 7.07. The molecule has 0 N–H and O–H groups in total. The highest BCUT2D eigenvalue weighted by atomic mass is 14.7. The van der Waals surface area contributed by atoms with Gasteiger partial charge in [0, 0.05) is 11.9 Å². The predicted octanol–water partition coefficient (Wildman–Crippen LogP) is 4.47. The fraction of sp³-hybridized carbons (Fsp3) is 0.214. The molecule has 15 heavy (non-hydrogen) atoms. The van der Waals surface area contributed by atoms with Crippen LogP contribution in [0.5, 0.6) is 0 Å². The van der Waals surface area contributed by atoms with Crippen LogP contribution in [0.15, 0.2) is 66.9 Å². The van der Waals surface area contributed by atoms with Crippen LogP contribution in [0.1, 0.15) is 20.8 Å². The van der Waals surface area contributed by atoms with Crippen LogP contribution in [0.2, 0.25) is 0 Å². The Morgan fingerprint density at radius 3 is 2.00 bits per heavy atom. The Kier molecular flexibility index (Phi) is 11.0. The molecular formula is C14H21N. The van der Waals surface area contributed by atoms with Gasteiger partial charge in [0.15, 0.2) is 0 Å². The highest BCUT2D eigenvalue weighted by molar-refractivity contribution is 5.79. The SMILES string of the molecule is C=C.C=C/C=C\C(=C\N=C(C)C)C(=C)C. The fourth-order valence-corrected chi connectivity index (χ4v) is 0.666. The normalized spacial score (nSPS) is 10.2. The van der Waals surface area contributed by atoms with E-state index in [1.807, 2.05) is 39.1 Å². The Morgan fingerprint density at radius 1 is 1.13 bits per heavy atom. The number of aliphatic imine (C=N–C) groups is 1. The molecule has 0 aliphatic carbocycles. The van der Waals surface area contributed by atoms with Gasteiger partial charge < -0.3 is 0 Å². The van der Waals surface area contributed by atoms with Gasteiger partial charge in [-0.05, 0) is 31.9 Å². The summed E-state index contributed by atoms with van der Waals surface area (Å²) in [4.78, 5) is 4.21. The van der Waals surface area contributed by atoms with E-state index in [4.69, 9.17) is 0 Å². The van der Waals surface area contributed by atoms with Gasteiger partial charge in [0.05, 0.1) is 0 Å². The summed E-state index contributed by atoms with van der Waals surface area (Å²) in [7, 11) is 0. The largest absolute Gasteiger partial charge is 0.266 e. The Morgan fingerprint density at radius 2 is 1.67 bits per heavy atom. The van der Waals surface area contributed by atoms with Gasteiger partial charge >= 0.3 is 0 Å². The molecular weight excluding hydrogens is 182 g/mol. The van der Waals surface area contributed by atoms with Crippen LogP contribution in [-0.4, -0.2) is 5.71 Å². The molecule has 1 nitrogen and oxygen atoms in total. The summed E-state index contributed by atoms with van der Waals surface area (Å²) < 4.78 is 0. The third-order valence-corrected chi connectivity index (χ3v) is 1.37. The second-order valence-electron chi connectivity index (χ2n) is 3.04. The van der Waals surface area contributed by atoms with Crippen LogP contribution >= 0.6 is 0 Å². The van der Waals surface area contributed by atoms with Crippen molar-refractivity contribution in [2.24, 2.45) is 4.99 Å². The van der Waals surface area contributed by atoms with E-state index in [1.165, 1.54) is 0 Å². The maximum absolute atomic E-state index is 4.21. The first-order valence-corrected chi connectivity index (χ1v) is 4.74. The van der Waals surface area contributed by atoms with Gasteiger partial charge in [0.1, 0.15) is 0 Å². The van der Waals surface area contributed by atoms with E-state index >= 15 is 0 Å². The molecule has 0 saturated heterocycles. The summed E-state index contributed by atoms with van der Waals surface area (Å²) in [5.41, 5.74) is 3.06. The molecule has 0 bridgehead atoms. The van der Waals surface area contributed by atoms with Crippen LogP contribution in [0.4, 0.5) is 0 Å². The summed E-state index contributed by atoms with van der Waals surface area (Å²) in [6, 6.07) is 0. The predicted molar refractivity (Wildman–Crippen MR) is 72.3 cm³/mol. The molecule has 0 aromatic rings. The van der Waals surface area contributed by atoms with Crippen molar-refractivity contribution in [3.8, 4) is 0 Å². The molecule has 0 unspecified atom stereocenters. The zero-order valence-electron chi connectivity index (χ0n) is 10.1. The van der Waals surface area contributed by atoms with Crippen molar-refractivity contribution >= 4 is 5.71 Å². The molecule has 0 atom stereocenters. The maximum Gasteiger partial charge on any atom is 0.0341 e. The molecule has 0 aromatic heterocycles. The molecule has 0 radical (unpaired) electrons. The number of hydrogen-bond donors (Lipinski definition) is 0. The fourth-order valence-electron chi connectivity index (χ4n) is 0.666. The number of rotatable bonds is 4. The molecule has 0 aliphatic heterocycles. The lowest BCUT2D eigenvalue weighted by molar-refractivity contribution is 1.38. The van der Waals surface area contributed by atoms with Gasteiger partial charge in [-0.2, -0.15) is 0 Å². The van der Waals surface area contributed by atoms with E-state index < -0.39 is 0 Å². The smallest absolute Gasteiger partial charge is 0.0341 e. The summed E-state index contributed by atoms with van der Waals surface area (Å²) in [6.07, 6.45) is 7.37. The first kappa shape index (κ1) is 15.8. The molecule has 0 aliphatic rings. The van der Waals surface area contributed by atoms with Gasteiger partial charge in [-0.3, -0.25) is 4.99 Å². The van der Waals surface area contributed by atoms with Crippen LogP contribution in [0.25, 0.3) is 0 Å². The Hall–Kier alpha value is -1.63. The van der Waals surface area contributed by atoms with Gasteiger partial charge in [0.2, 0.25) is 0 Å². The van der Waals surface area contributed by atoms with Gasteiger partial charge in [0.25, 0.3) is 0 Å². The van der Waals surface area contributed by atoms with Crippen LogP contribution in [0, 0.1) is 0 Å². The van der Waals surface area contributed by atoms with Gasteiger partial charge in [-0.25, -0.2) is 0 Å². The van der Waals surface area contributed by atoms with E-state index in [2.05, 4.69) is 31.3 Å². The molecule has 0 amide bonds. The molecule has 0 aromatic carbocycles. The zero-order valence-corrected chi connectivity index (χ0v) is 10.1. The second-order valence-corrected chi connectivity index (χ2v) is 3.04. The van der Waals surface area contributed by atoms with E-state index in [9.17, 15) is 0 Å². The van der Waals surface area contributed by atoms with E-state index in [1.54, 1.807) is 6.08 Å². The first-order valence-electron chi connectivity index (χ1n) is 4.74. The van der Waals surface area contributed by atoms with Crippen LogP contribution < -0.4 is 0 Å². The van der Waals surface area contributed by atoms with Crippen molar-refractivity contribution in [1.82, 2.24) is 0 Å². The molecule has 82 valence electrons. The minimum Gasteiger partial charge on any atom is -0.266 e.